The van der Waals surface area contributed by atoms with Crippen molar-refractivity contribution >= 4 is 15.9 Å². The monoisotopic (exact) mass is 438 g/mol. The van der Waals surface area contributed by atoms with E-state index in [2.05, 4.69) is 5.10 Å². The molecule has 11 heteroatoms. The van der Waals surface area contributed by atoms with Gasteiger partial charge in [-0.15, -0.1) is 0 Å². The van der Waals surface area contributed by atoms with Gasteiger partial charge in [0.1, 0.15) is 0 Å². The molecule has 1 aromatic heterocycles. The second-order valence-electron chi connectivity index (χ2n) is 6.38. The molecule has 0 aliphatic rings. The number of sulfonamides is 1. The summed E-state index contributed by atoms with van der Waals surface area (Å²) in [5, 5.41) is 3.66. The third kappa shape index (κ3) is 4.52. The van der Waals surface area contributed by atoms with Crippen LogP contribution >= 0.6 is 0 Å². The van der Waals surface area contributed by atoms with Crippen LogP contribution in [0, 0.1) is 0 Å². The zero-order valence-corrected chi connectivity index (χ0v) is 16.5. The van der Waals surface area contributed by atoms with E-state index >= 15 is 0 Å². The number of alkyl halides is 3. The summed E-state index contributed by atoms with van der Waals surface area (Å²) in [7, 11) is -4.07. The maximum atomic E-state index is 13.3. The van der Waals surface area contributed by atoms with E-state index in [0.29, 0.717) is 5.56 Å². The molecule has 7 nitrogen and oxygen atoms in total. The molecule has 2 aromatic carbocycles. The van der Waals surface area contributed by atoms with Crippen LogP contribution in [0.15, 0.2) is 59.5 Å². The van der Waals surface area contributed by atoms with Crippen LogP contribution in [0.25, 0.3) is 16.9 Å². The Morgan fingerprint density at radius 2 is 1.70 bits per heavy atom. The molecule has 0 aliphatic heterocycles. The minimum Gasteiger partial charge on any atom is -0.326 e. The van der Waals surface area contributed by atoms with E-state index in [4.69, 9.17) is 5.73 Å². The molecule has 0 fully saturated rings. The molecule has 1 amide bonds. The van der Waals surface area contributed by atoms with Crippen LogP contribution in [-0.2, 0) is 27.5 Å². The SMILES string of the molecule is CC(=O)NS(=O)(=O)c1ccc(-n2nc(C(F)(F)F)cc2-c2ccc(CN)cc2)cc1. The Morgan fingerprint density at radius 3 is 2.20 bits per heavy atom. The predicted octanol–water partition coefficient (Wildman–Crippen LogP) is 2.84. The van der Waals surface area contributed by atoms with Crippen LogP contribution < -0.4 is 10.5 Å². The minimum absolute atomic E-state index is 0.170. The maximum absolute atomic E-state index is 13.3. The molecular formula is C19H17F3N4O3S. The average molecular weight is 438 g/mol. The minimum atomic E-state index is -4.66. The zero-order valence-electron chi connectivity index (χ0n) is 15.6. The van der Waals surface area contributed by atoms with Gasteiger partial charge in [0.15, 0.2) is 5.69 Å². The molecule has 30 heavy (non-hydrogen) atoms. The smallest absolute Gasteiger partial charge is 0.326 e. The number of nitrogens with zero attached hydrogens (tertiary/aromatic N) is 2. The van der Waals surface area contributed by atoms with Crippen molar-refractivity contribution in [1.29, 1.82) is 0 Å². The Balaban J connectivity index is 2.08. The number of nitrogens with two attached hydrogens (primary N) is 1. The first kappa shape index (κ1) is 21.5. The highest BCUT2D eigenvalue weighted by atomic mass is 32.2. The van der Waals surface area contributed by atoms with Crippen molar-refractivity contribution in [2.24, 2.45) is 5.73 Å². The number of amides is 1. The largest absolute Gasteiger partial charge is 0.435 e. The first-order chi connectivity index (χ1) is 14.0. The summed E-state index contributed by atoms with van der Waals surface area (Å²) in [5.41, 5.74) is 6.14. The second kappa shape index (κ2) is 7.92. The molecule has 0 saturated carbocycles. The molecule has 3 rings (SSSR count). The van der Waals surface area contributed by atoms with E-state index in [1.807, 2.05) is 4.72 Å². The third-order valence-corrected chi connectivity index (χ3v) is 5.60. The van der Waals surface area contributed by atoms with Gasteiger partial charge < -0.3 is 5.73 Å². The van der Waals surface area contributed by atoms with Gasteiger partial charge in [0, 0.05) is 19.0 Å². The molecule has 0 radical (unpaired) electrons. The lowest BCUT2D eigenvalue weighted by Crippen LogP contribution is -2.28. The number of hydrogen-bond donors (Lipinski definition) is 2. The van der Waals surface area contributed by atoms with Crippen molar-refractivity contribution < 1.29 is 26.4 Å². The van der Waals surface area contributed by atoms with Crippen LogP contribution in [0.1, 0.15) is 18.2 Å². The number of carbonyl (C=O) groups excluding carboxylic acids is 1. The number of halogens is 3. The van der Waals surface area contributed by atoms with Crippen molar-refractivity contribution in [1.82, 2.24) is 14.5 Å². The first-order valence-electron chi connectivity index (χ1n) is 8.62. The van der Waals surface area contributed by atoms with Crippen molar-refractivity contribution in [2.45, 2.75) is 24.5 Å². The van der Waals surface area contributed by atoms with Gasteiger partial charge in [0.05, 0.1) is 16.3 Å². The number of nitrogens with one attached hydrogen (secondary N) is 1. The van der Waals surface area contributed by atoms with Crippen LogP contribution in [0.2, 0.25) is 0 Å². The molecule has 1 heterocycles. The Morgan fingerprint density at radius 1 is 1.10 bits per heavy atom. The van der Waals surface area contributed by atoms with E-state index in [0.717, 1.165) is 23.2 Å². The second-order valence-corrected chi connectivity index (χ2v) is 8.06. The highest BCUT2D eigenvalue weighted by Crippen LogP contribution is 2.33. The number of hydrogen-bond acceptors (Lipinski definition) is 5. The molecule has 0 saturated heterocycles. The van der Waals surface area contributed by atoms with Gasteiger partial charge in [-0.05, 0) is 35.9 Å². The average Bonchev–Trinajstić information content (AvgIpc) is 3.13. The summed E-state index contributed by atoms with van der Waals surface area (Å²) in [5.74, 6) is -0.760. The fraction of sp³-hybridized carbons (Fsp3) is 0.158. The van der Waals surface area contributed by atoms with Crippen molar-refractivity contribution in [3.05, 3.63) is 65.9 Å². The molecule has 0 spiro atoms. The lowest BCUT2D eigenvalue weighted by molar-refractivity contribution is -0.141. The van der Waals surface area contributed by atoms with Gasteiger partial charge in [-0.3, -0.25) is 4.79 Å². The van der Waals surface area contributed by atoms with E-state index in [1.165, 1.54) is 24.3 Å². The van der Waals surface area contributed by atoms with E-state index < -0.39 is 27.8 Å². The van der Waals surface area contributed by atoms with Crippen LogP contribution in [0.3, 0.4) is 0 Å². The highest BCUT2D eigenvalue weighted by Gasteiger charge is 2.35. The van der Waals surface area contributed by atoms with E-state index in [1.54, 1.807) is 24.3 Å². The van der Waals surface area contributed by atoms with Gasteiger partial charge in [0.2, 0.25) is 5.91 Å². The standard InChI is InChI=1S/C19H17F3N4O3S/c1-12(27)25-30(28,29)16-8-6-15(7-9-16)26-17(10-18(24-26)19(20,21)22)14-4-2-13(11-23)3-5-14/h2-10H,11,23H2,1H3,(H,25,27). The number of rotatable bonds is 5. The Bertz CT molecular complexity index is 1170. The molecule has 0 atom stereocenters. The van der Waals surface area contributed by atoms with Crippen molar-refractivity contribution in [3.63, 3.8) is 0 Å². The fourth-order valence-electron chi connectivity index (χ4n) is 2.75. The highest BCUT2D eigenvalue weighted by molar-refractivity contribution is 7.90. The summed E-state index contributed by atoms with van der Waals surface area (Å²) in [6.45, 7) is 1.34. The number of carbonyl (C=O) groups is 1. The lowest BCUT2D eigenvalue weighted by Gasteiger charge is -2.10. The zero-order chi connectivity index (χ0) is 22.1. The molecule has 0 unspecified atom stereocenters. The summed E-state index contributed by atoms with van der Waals surface area (Å²) < 4.78 is 66.8. The Hall–Kier alpha value is -3.18. The summed E-state index contributed by atoms with van der Waals surface area (Å²) in [6.07, 6.45) is -4.66. The van der Waals surface area contributed by atoms with Gasteiger partial charge >= 0.3 is 6.18 Å². The summed E-state index contributed by atoms with van der Waals surface area (Å²) in [4.78, 5) is 10.8. The maximum Gasteiger partial charge on any atom is 0.435 e. The Kier molecular flexibility index (Phi) is 5.68. The fourth-order valence-corrected chi connectivity index (χ4v) is 3.74. The van der Waals surface area contributed by atoms with Gasteiger partial charge in [-0.1, -0.05) is 24.3 Å². The van der Waals surface area contributed by atoms with Crippen LogP contribution in [0.5, 0.6) is 0 Å². The predicted molar refractivity (Wildman–Crippen MR) is 103 cm³/mol. The third-order valence-electron chi connectivity index (χ3n) is 4.15. The van der Waals surface area contributed by atoms with Gasteiger partial charge in [-0.2, -0.15) is 18.3 Å². The molecule has 158 valence electrons. The van der Waals surface area contributed by atoms with Gasteiger partial charge in [-0.25, -0.2) is 17.8 Å². The molecule has 0 aliphatic carbocycles. The molecule has 0 bridgehead atoms. The number of aromatic nitrogens is 2. The number of benzene rings is 2. The van der Waals surface area contributed by atoms with Crippen LogP contribution in [0.4, 0.5) is 13.2 Å². The summed E-state index contributed by atoms with van der Waals surface area (Å²) in [6, 6.07) is 12.5. The van der Waals surface area contributed by atoms with Gasteiger partial charge in [0.25, 0.3) is 10.0 Å². The molecular weight excluding hydrogens is 421 g/mol. The topological polar surface area (TPSA) is 107 Å². The Labute approximate surface area is 170 Å². The normalized spacial score (nSPS) is 12.0. The van der Waals surface area contributed by atoms with Crippen molar-refractivity contribution in [2.75, 3.05) is 0 Å². The van der Waals surface area contributed by atoms with E-state index in [-0.39, 0.29) is 22.8 Å². The van der Waals surface area contributed by atoms with Crippen molar-refractivity contribution in [3.8, 4) is 16.9 Å². The lowest BCUT2D eigenvalue weighted by atomic mass is 10.1. The van der Waals surface area contributed by atoms with E-state index in [9.17, 15) is 26.4 Å². The molecule has 3 aromatic rings. The quantitative estimate of drug-likeness (QED) is 0.637. The summed E-state index contributed by atoms with van der Waals surface area (Å²) >= 11 is 0. The van der Waals surface area contributed by atoms with Crippen LogP contribution in [-0.4, -0.2) is 24.1 Å². The first-order valence-corrected chi connectivity index (χ1v) is 10.1. The molecule has 3 N–H and O–H groups in total.